The van der Waals surface area contributed by atoms with Crippen molar-refractivity contribution in [2.45, 2.75) is 19.1 Å². The number of hydrogen-bond acceptors (Lipinski definition) is 1. The molecule has 0 aromatic heterocycles. The summed E-state index contributed by atoms with van der Waals surface area (Å²) in [7, 11) is -0.421. The first-order chi connectivity index (χ1) is 2.77. The topological polar surface area (TPSA) is 20.2 Å². The van der Waals surface area contributed by atoms with Crippen LogP contribution < -0.4 is 0 Å². The van der Waals surface area contributed by atoms with E-state index in [1.54, 1.807) is 0 Å². The Morgan fingerprint density at radius 3 is 2.00 bits per heavy atom. The molecule has 0 radical (unpaired) electrons. The third kappa shape index (κ3) is 4.18. The molecule has 0 aliphatic heterocycles. The monoisotopic (exact) mass is 104 g/mol. The van der Waals surface area contributed by atoms with Crippen molar-refractivity contribution in [3.05, 3.63) is 0 Å². The Morgan fingerprint density at radius 1 is 1.50 bits per heavy atom. The maximum atomic E-state index is 8.27. The third-order valence-corrected chi connectivity index (χ3v) is 2.12. The molecule has 0 fully saturated rings. The Labute approximate surface area is 40.6 Å². The van der Waals surface area contributed by atoms with Crippen molar-refractivity contribution < 1.29 is 5.11 Å². The summed E-state index contributed by atoms with van der Waals surface area (Å²) < 4.78 is 0. The average Bonchev–Trinajstić information content (AvgIpc) is 1.35. The molecule has 0 rings (SSSR count). The highest BCUT2D eigenvalue weighted by atomic mass is 28.3. The Morgan fingerprint density at radius 2 is 2.00 bits per heavy atom. The standard InChI is InChI=1S/C4H12OSi/c1-6(2)4-3-5/h5-6H,3-4H2,1-2H3. The van der Waals surface area contributed by atoms with Gasteiger partial charge in [-0.1, -0.05) is 13.1 Å². The van der Waals surface area contributed by atoms with E-state index in [0.717, 1.165) is 6.04 Å². The summed E-state index contributed by atoms with van der Waals surface area (Å²) in [4.78, 5) is 0. The van der Waals surface area contributed by atoms with Gasteiger partial charge in [-0.2, -0.15) is 0 Å². The van der Waals surface area contributed by atoms with Crippen LogP contribution in [0.2, 0.25) is 19.1 Å². The van der Waals surface area contributed by atoms with E-state index >= 15 is 0 Å². The molecule has 0 unspecified atom stereocenters. The van der Waals surface area contributed by atoms with Gasteiger partial charge in [-0.15, -0.1) is 0 Å². The van der Waals surface area contributed by atoms with Crippen LogP contribution >= 0.6 is 0 Å². The molecule has 0 aliphatic rings. The van der Waals surface area contributed by atoms with Crippen molar-refractivity contribution in [3.8, 4) is 0 Å². The Bertz CT molecular complexity index is 28.7. The van der Waals surface area contributed by atoms with Crippen LogP contribution in [0.15, 0.2) is 0 Å². The summed E-state index contributed by atoms with van der Waals surface area (Å²) in [5.41, 5.74) is 0. The minimum Gasteiger partial charge on any atom is -0.397 e. The molecule has 0 atom stereocenters. The van der Waals surface area contributed by atoms with Gasteiger partial charge in [-0.05, 0) is 6.04 Å². The van der Waals surface area contributed by atoms with Gasteiger partial charge in [0.05, 0.1) is 0 Å². The van der Waals surface area contributed by atoms with Gasteiger partial charge in [0, 0.05) is 15.4 Å². The van der Waals surface area contributed by atoms with Gasteiger partial charge in [0.25, 0.3) is 0 Å². The fourth-order valence-corrected chi connectivity index (χ4v) is 0.775. The summed E-state index contributed by atoms with van der Waals surface area (Å²) >= 11 is 0. The zero-order valence-corrected chi connectivity index (χ0v) is 5.59. The molecule has 1 nitrogen and oxygen atoms in total. The zero-order valence-electron chi connectivity index (χ0n) is 4.44. The van der Waals surface area contributed by atoms with Crippen molar-refractivity contribution in [2.75, 3.05) is 6.61 Å². The van der Waals surface area contributed by atoms with E-state index in [1.807, 2.05) is 0 Å². The lowest BCUT2D eigenvalue weighted by molar-refractivity contribution is 0.317. The number of aliphatic hydroxyl groups is 1. The molecule has 2 heteroatoms. The smallest absolute Gasteiger partial charge is 0.0404 e. The van der Waals surface area contributed by atoms with Crippen LogP contribution in [0.4, 0.5) is 0 Å². The van der Waals surface area contributed by atoms with Gasteiger partial charge in [0.2, 0.25) is 0 Å². The zero-order chi connectivity index (χ0) is 4.99. The van der Waals surface area contributed by atoms with Crippen molar-refractivity contribution >= 4 is 8.80 Å². The second-order valence-electron chi connectivity index (χ2n) is 1.91. The maximum absolute atomic E-state index is 8.27. The predicted molar refractivity (Wildman–Crippen MR) is 30.8 cm³/mol. The Kier molecular flexibility index (Phi) is 3.47. The summed E-state index contributed by atoms with van der Waals surface area (Å²) in [6.45, 7) is 4.86. The first-order valence-electron chi connectivity index (χ1n) is 2.38. The van der Waals surface area contributed by atoms with Gasteiger partial charge in [0.1, 0.15) is 0 Å². The van der Waals surface area contributed by atoms with Crippen LogP contribution in [0.3, 0.4) is 0 Å². The van der Waals surface area contributed by atoms with Crippen molar-refractivity contribution in [1.82, 2.24) is 0 Å². The Hall–Kier alpha value is 0.177. The molecule has 0 spiro atoms. The average molecular weight is 104 g/mol. The molecule has 0 saturated heterocycles. The van der Waals surface area contributed by atoms with Crippen molar-refractivity contribution in [3.63, 3.8) is 0 Å². The van der Waals surface area contributed by atoms with Crippen LogP contribution in [0.5, 0.6) is 0 Å². The lowest BCUT2D eigenvalue weighted by Gasteiger charge is -1.93. The second kappa shape index (κ2) is 3.37. The fraction of sp³-hybridized carbons (Fsp3) is 1.00. The van der Waals surface area contributed by atoms with E-state index in [1.165, 1.54) is 0 Å². The molecule has 0 aromatic carbocycles. The maximum Gasteiger partial charge on any atom is 0.0404 e. The van der Waals surface area contributed by atoms with E-state index in [0.29, 0.717) is 6.61 Å². The summed E-state index contributed by atoms with van der Waals surface area (Å²) in [5, 5.41) is 8.27. The van der Waals surface area contributed by atoms with E-state index in [9.17, 15) is 0 Å². The molecular weight excluding hydrogens is 92.1 g/mol. The molecule has 0 saturated carbocycles. The van der Waals surface area contributed by atoms with E-state index in [2.05, 4.69) is 13.1 Å². The first-order valence-corrected chi connectivity index (χ1v) is 5.51. The third-order valence-electron chi connectivity index (χ3n) is 0.706. The predicted octanol–water partition coefficient (Wildman–Crippen LogP) is 0.465. The normalized spacial score (nSPS) is 10.0. The van der Waals surface area contributed by atoms with Gasteiger partial charge >= 0.3 is 0 Å². The number of hydrogen-bond donors (Lipinski definition) is 1. The highest BCUT2D eigenvalue weighted by Gasteiger charge is 1.89. The van der Waals surface area contributed by atoms with E-state index in [4.69, 9.17) is 5.11 Å². The molecule has 1 N–H and O–H groups in total. The molecule has 38 valence electrons. The molecule has 0 heterocycles. The Balaban J connectivity index is 2.63. The lowest BCUT2D eigenvalue weighted by Crippen LogP contribution is -2.00. The minimum atomic E-state index is -0.421. The summed E-state index contributed by atoms with van der Waals surface area (Å²) in [5.74, 6) is 0. The highest BCUT2D eigenvalue weighted by molar-refractivity contribution is 6.55. The second-order valence-corrected chi connectivity index (χ2v) is 5.27. The van der Waals surface area contributed by atoms with E-state index in [-0.39, 0.29) is 0 Å². The van der Waals surface area contributed by atoms with E-state index < -0.39 is 8.80 Å². The molecule has 0 amide bonds. The largest absolute Gasteiger partial charge is 0.397 e. The SMILES string of the molecule is C[SiH](C)CCO. The number of aliphatic hydroxyl groups excluding tert-OH is 1. The molecule has 6 heavy (non-hydrogen) atoms. The minimum absolute atomic E-state index is 0.393. The summed E-state index contributed by atoms with van der Waals surface area (Å²) in [6, 6.07) is 1.07. The van der Waals surface area contributed by atoms with Crippen LogP contribution in [0.1, 0.15) is 0 Å². The molecule has 0 bridgehead atoms. The van der Waals surface area contributed by atoms with Crippen LogP contribution in [-0.2, 0) is 0 Å². The van der Waals surface area contributed by atoms with Crippen molar-refractivity contribution in [1.29, 1.82) is 0 Å². The van der Waals surface area contributed by atoms with Gasteiger partial charge in [0.15, 0.2) is 0 Å². The van der Waals surface area contributed by atoms with Crippen LogP contribution in [0.25, 0.3) is 0 Å². The van der Waals surface area contributed by atoms with Gasteiger partial charge < -0.3 is 5.11 Å². The van der Waals surface area contributed by atoms with Crippen molar-refractivity contribution in [2.24, 2.45) is 0 Å². The first kappa shape index (κ1) is 6.18. The number of rotatable bonds is 2. The van der Waals surface area contributed by atoms with Crippen LogP contribution in [-0.4, -0.2) is 20.5 Å². The summed E-state index contributed by atoms with van der Waals surface area (Å²) in [6.07, 6.45) is 0. The highest BCUT2D eigenvalue weighted by Crippen LogP contribution is 1.85. The molecule has 0 aliphatic carbocycles. The lowest BCUT2D eigenvalue weighted by atomic mass is 10.9. The van der Waals surface area contributed by atoms with Gasteiger partial charge in [-0.3, -0.25) is 0 Å². The molecule has 0 aromatic rings. The molecular formula is C4H12OSi. The van der Waals surface area contributed by atoms with Crippen LogP contribution in [0, 0.1) is 0 Å². The quantitative estimate of drug-likeness (QED) is 0.505. The van der Waals surface area contributed by atoms with Gasteiger partial charge in [-0.25, -0.2) is 0 Å². The fourth-order valence-electron chi connectivity index (χ4n) is 0.258.